The van der Waals surface area contributed by atoms with E-state index >= 15 is 0 Å². The number of benzene rings is 2. The first-order valence-corrected chi connectivity index (χ1v) is 7.53. The van der Waals surface area contributed by atoms with E-state index in [1.807, 2.05) is 20.2 Å². The highest BCUT2D eigenvalue weighted by molar-refractivity contribution is 5.79. The smallest absolute Gasteiger partial charge is 0.191 e. The lowest BCUT2D eigenvalue weighted by Gasteiger charge is -2.14. The average molecular weight is 314 g/mol. The summed E-state index contributed by atoms with van der Waals surface area (Å²) in [5, 5.41) is 6.43. The second kappa shape index (κ2) is 8.17. The molecule has 2 N–H and O–H groups in total. The van der Waals surface area contributed by atoms with Crippen molar-refractivity contribution in [1.29, 1.82) is 0 Å². The van der Waals surface area contributed by atoms with E-state index in [4.69, 9.17) is 0 Å². The highest BCUT2D eigenvalue weighted by Gasteiger charge is 2.01. The number of rotatable bonds is 5. The van der Waals surface area contributed by atoms with E-state index in [2.05, 4.69) is 44.8 Å². The molecule has 0 aliphatic carbocycles. The van der Waals surface area contributed by atoms with Crippen molar-refractivity contribution < 1.29 is 4.39 Å². The summed E-state index contributed by atoms with van der Waals surface area (Å²) >= 11 is 0. The monoisotopic (exact) mass is 314 g/mol. The lowest BCUT2D eigenvalue weighted by molar-refractivity contribution is 0.624. The Labute approximate surface area is 137 Å². The molecular weight excluding hydrogens is 291 g/mol. The minimum atomic E-state index is -0.228. The molecule has 23 heavy (non-hydrogen) atoms. The van der Waals surface area contributed by atoms with Crippen LogP contribution in [0.2, 0.25) is 0 Å². The number of aliphatic imine (C=N–C) groups is 1. The van der Waals surface area contributed by atoms with E-state index in [0.29, 0.717) is 19.0 Å². The second-order valence-electron chi connectivity index (χ2n) is 5.47. The van der Waals surface area contributed by atoms with Crippen molar-refractivity contribution in [3.63, 3.8) is 0 Å². The molecule has 2 aromatic rings. The summed E-state index contributed by atoms with van der Waals surface area (Å²) in [6, 6.07) is 14.9. The van der Waals surface area contributed by atoms with Gasteiger partial charge in [0, 0.05) is 39.9 Å². The number of anilines is 1. The summed E-state index contributed by atoms with van der Waals surface area (Å²) in [6.45, 7) is 1.20. The Morgan fingerprint density at radius 1 is 1.00 bits per heavy atom. The maximum Gasteiger partial charge on any atom is 0.191 e. The fraction of sp³-hybridized carbons (Fsp3) is 0.278. The summed E-state index contributed by atoms with van der Waals surface area (Å²) in [7, 11) is 5.76. The van der Waals surface area contributed by atoms with E-state index in [0.717, 1.165) is 5.56 Å². The van der Waals surface area contributed by atoms with Gasteiger partial charge in [-0.3, -0.25) is 4.99 Å². The van der Waals surface area contributed by atoms with Gasteiger partial charge in [-0.05, 0) is 35.4 Å². The standard InChI is InChI=1S/C18H23FN4/c1-20-18(22-13-15-5-4-6-16(19)11-15)21-12-14-7-9-17(10-8-14)23(2)3/h4-11H,12-13H2,1-3H3,(H2,20,21,22). The first kappa shape index (κ1) is 16.8. The van der Waals surface area contributed by atoms with Gasteiger partial charge in [0.2, 0.25) is 0 Å². The van der Waals surface area contributed by atoms with Crippen LogP contribution in [0.5, 0.6) is 0 Å². The first-order valence-electron chi connectivity index (χ1n) is 7.53. The van der Waals surface area contributed by atoms with Crippen molar-refractivity contribution in [1.82, 2.24) is 10.6 Å². The largest absolute Gasteiger partial charge is 0.378 e. The highest BCUT2D eigenvalue weighted by Crippen LogP contribution is 2.11. The summed E-state index contributed by atoms with van der Waals surface area (Å²) < 4.78 is 13.2. The third kappa shape index (κ3) is 5.29. The van der Waals surface area contributed by atoms with Gasteiger partial charge in [0.15, 0.2) is 5.96 Å². The SMILES string of the molecule is CN=C(NCc1ccc(N(C)C)cc1)NCc1cccc(F)c1. The van der Waals surface area contributed by atoms with Crippen molar-refractivity contribution in [3.8, 4) is 0 Å². The van der Waals surface area contributed by atoms with Crippen LogP contribution < -0.4 is 15.5 Å². The first-order chi connectivity index (χ1) is 11.1. The summed E-state index contributed by atoms with van der Waals surface area (Å²) in [5.74, 6) is 0.458. The van der Waals surface area contributed by atoms with Gasteiger partial charge in [-0.2, -0.15) is 0 Å². The summed E-state index contributed by atoms with van der Waals surface area (Å²) in [6.07, 6.45) is 0. The molecule has 5 heteroatoms. The van der Waals surface area contributed by atoms with E-state index in [1.165, 1.54) is 23.4 Å². The molecular formula is C18H23FN4. The van der Waals surface area contributed by atoms with Gasteiger partial charge in [-0.15, -0.1) is 0 Å². The van der Waals surface area contributed by atoms with Gasteiger partial charge in [-0.1, -0.05) is 24.3 Å². The number of halogens is 1. The molecule has 0 aliphatic heterocycles. The number of nitrogens with one attached hydrogen (secondary N) is 2. The van der Waals surface area contributed by atoms with Gasteiger partial charge in [-0.25, -0.2) is 4.39 Å². The fourth-order valence-corrected chi connectivity index (χ4v) is 2.15. The number of nitrogens with zero attached hydrogens (tertiary/aromatic N) is 2. The van der Waals surface area contributed by atoms with Crippen LogP contribution >= 0.6 is 0 Å². The van der Waals surface area contributed by atoms with Crippen LogP contribution in [-0.2, 0) is 13.1 Å². The van der Waals surface area contributed by atoms with Gasteiger partial charge in [0.25, 0.3) is 0 Å². The molecule has 2 rings (SSSR count). The maximum atomic E-state index is 13.2. The Hall–Kier alpha value is -2.56. The minimum Gasteiger partial charge on any atom is -0.378 e. The minimum absolute atomic E-state index is 0.228. The molecule has 0 spiro atoms. The molecule has 4 nitrogen and oxygen atoms in total. The molecule has 0 saturated carbocycles. The predicted molar refractivity (Wildman–Crippen MR) is 94.2 cm³/mol. The number of hydrogen-bond donors (Lipinski definition) is 2. The van der Waals surface area contributed by atoms with Crippen molar-refractivity contribution in [2.24, 2.45) is 4.99 Å². The molecule has 0 saturated heterocycles. The Kier molecular flexibility index (Phi) is 5.97. The molecule has 0 radical (unpaired) electrons. The Morgan fingerprint density at radius 3 is 2.22 bits per heavy atom. The Bertz CT molecular complexity index is 650. The van der Waals surface area contributed by atoms with Crippen LogP contribution in [0.3, 0.4) is 0 Å². The number of guanidine groups is 1. The van der Waals surface area contributed by atoms with Crippen LogP contribution in [0.15, 0.2) is 53.5 Å². The lowest BCUT2D eigenvalue weighted by Crippen LogP contribution is -2.36. The maximum absolute atomic E-state index is 13.2. The molecule has 0 unspecified atom stereocenters. The lowest BCUT2D eigenvalue weighted by atomic mass is 10.2. The molecule has 2 aromatic carbocycles. The van der Waals surface area contributed by atoms with Crippen molar-refractivity contribution in [2.75, 3.05) is 26.0 Å². The molecule has 0 fully saturated rings. The highest BCUT2D eigenvalue weighted by atomic mass is 19.1. The van der Waals surface area contributed by atoms with Crippen molar-refractivity contribution in [3.05, 3.63) is 65.5 Å². The molecule has 0 amide bonds. The molecule has 0 heterocycles. The average Bonchev–Trinajstić information content (AvgIpc) is 2.55. The zero-order valence-electron chi connectivity index (χ0n) is 13.8. The normalized spacial score (nSPS) is 11.2. The molecule has 122 valence electrons. The van der Waals surface area contributed by atoms with Gasteiger partial charge < -0.3 is 15.5 Å². The quantitative estimate of drug-likeness (QED) is 0.658. The van der Waals surface area contributed by atoms with Crippen LogP contribution in [0.25, 0.3) is 0 Å². The summed E-state index contributed by atoms with van der Waals surface area (Å²) in [4.78, 5) is 6.24. The molecule has 0 aliphatic rings. The van der Waals surface area contributed by atoms with Crippen molar-refractivity contribution in [2.45, 2.75) is 13.1 Å². The topological polar surface area (TPSA) is 39.7 Å². The van der Waals surface area contributed by atoms with Crippen molar-refractivity contribution >= 4 is 11.6 Å². The molecule has 0 bridgehead atoms. The van der Waals surface area contributed by atoms with Gasteiger partial charge >= 0.3 is 0 Å². The van der Waals surface area contributed by atoms with E-state index < -0.39 is 0 Å². The molecule has 0 aromatic heterocycles. The second-order valence-corrected chi connectivity index (χ2v) is 5.47. The number of hydrogen-bond acceptors (Lipinski definition) is 2. The fourth-order valence-electron chi connectivity index (χ4n) is 2.15. The Balaban J connectivity index is 1.85. The van der Waals surface area contributed by atoms with E-state index in [1.54, 1.807) is 13.1 Å². The van der Waals surface area contributed by atoms with Gasteiger partial charge in [0.1, 0.15) is 5.82 Å². The zero-order chi connectivity index (χ0) is 16.7. The Morgan fingerprint density at radius 2 is 1.65 bits per heavy atom. The predicted octanol–water partition coefficient (Wildman–Crippen LogP) is 2.76. The summed E-state index contributed by atoms with van der Waals surface area (Å²) in [5.41, 5.74) is 3.22. The third-order valence-corrected chi connectivity index (χ3v) is 3.49. The van der Waals surface area contributed by atoms with Crippen LogP contribution in [0.4, 0.5) is 10.1 Å². The third-order valence-electron chi connectivity index (χ3n) is 3.49. The van der Waals surface area contributed by atoms with Gasteiger partial charge in [0.05, 0.1) is 0 Å². The van der Waals surface area contributed by atoms with Crippen LogP contribution in [0.1, 0.15) is 11.1 Å². The van der Waals surface area contributed by atoms with E-state index in [9.17, 15) is 4.39 Å². The van der Waals surface area contributed by atoms with E-state index in [-0.39, 0.29) is 5.82 Å². The van der Waals surface area contributed by atoms with Crippen LogP contribution in [-0.4, -0.2) is 27.1 Å². The molecule has 0 atom stereocenters. The van der Waals surface area contributed by atoms with Crippen LogP contribution in [0, 0.1) is 5.82 Å². The zero-order valence-corrected chi connectivity index (χ0v) is 13.8.